The average Bonchev–Trinajstić information content (AvgIpc) is 2.64. The number of rotatable bonds is 3. The summed E-state index contributed by atoms with van der Waals surface area (Å²) in [7, 11) is -4.32. The summed E-state index contributed by atoms with van der Waals surface area (Å²) >= 11 is 5.74. The minimum Gasteiger partial charge on any atom is -0.274 e. The van der Waals surface area contributed by atoms with Crippen molar-refractivity contribution >= 4 is 27.3 Å². The lowest BCUT2D eigenvalue weighted by atomic mass is 10.1. The first-order valence-corrected chi connectivity index (χ1v) is 9.42. The Morgan fingerprint density at radius 2 is 1.56 bits per heavy atom. The van der Waals surface area contributed by atoms with Gasteiger partial charge in [-0.15, -0.1) is 0 Å². The van der Waals surface area contributed by atoms with Gasteiger partial charge in [-0.2, -0.15) is 0 Å². The van der Waals surface area contributed by atoms with E-state index in [1.165, 1.54) is 18.3 Å². The molecule has 0 fully saturated rings. The first-order chi connectivity index (χ1) is 12.9. The van der Waals surface area contributed by atoms with Crippen molar-refractivity contribution in [2.75, 3.05) is 4.72 Å². The molecule has 0 amide bonds. The fourth-order valence-corrected chi connectivity index (χ4v) is 3.70. The van der Waals surface area contributed by atoms with Gasteiger partial charge in [-0.3, -0.25) is 4.72 Å². The van der Waals surface area contributed by atoms with E-state index >= 15 is 0 Å². The van der Waals surface area contributed by atoms with Gasteiger partial charge in [0.15, 0.2) is 11.6 Å². The summed E-state index contributed by atoms with van der Waals surface area (Å²) in [6.45, 7) is 0. The van der Waals surface area contributed by atoms with Gasteiger partial charge in [0, 0.05) is 17.3 Å². The van der Waals surface area contributed by atoms with E-state index in [9.17, 15) is 17.2 Å². The number of nitrogens with one attached hydrogen (secondary N) is 1. The molecule has 2 aromatic carbocycles. The van der Waals surface area contributed by atoms with Crippen molar-refractivity contribution in [1.82, 2.24) is 4.98 Å². The molecule has 3 rings (SSSR count). The lowest BCUT2D eigenvalue weighted by molar-refractivity contribution is 0.582. The highest BCUT2D eigenvalue weighted by atomic mass is 35.5. The number of hydrogen-bond donors (Lipinski definition) is 1. The van der Waals surface area contributed by atoms with Crippen LogP contribution in [0.15, 0.2) is 65.7 Å². The predicted octanol–water partition coefficient (Wildman–Crippen LogP) is 4.21. The van der Waals surface area contributed by atoms with Crippen LogP contribution >= 0.6 is 11.6 Å². The molecule has 1 N–H and O–H groups in total. The van der Waals surface area contributed by atoms with Crippen molar-refractivity contribution in [3.05, 3.63) is 88.7 Å². The second-order valence-corrected chi connectivity index (χ2v) is 7.34. The van der Waals surface area contributed by atoms with Crippen LogP contribution in [0.3, 0.4) is 0 Å². The lowest BCUT2D eigenvalue weighted by Gasteiger charge is -2.11. The van der Waals surface area contributed by atoms with Crippen molar-refractivity contribution in [2.24, 2.45) is 0 Å². The van der Waals surface area contributed by atoms with Crippen LogP contribution in [-0.4, -0.2) is 13.4 Å². The highest BCUT2D eigenvalue weighted by molar-refractivity contribution is 7.92. The number of hydrogen-bond acceptors (Lipinski definition) is 3. The van der Waals surface area contributed by atoms with Gasteiger partial charge in [-0.1, -0.05) is 41.6 Å². The van der Waals surface area contributed by atoms with Gasteiger partial charge in [0.1, 0.15) is 15.7 Å². The van der Waals surface area contributed by atoms with E-state index in [0.717, 1.165) is 12.1 Å². The zero-order valence-electron chi connectivity index (χ0n) is 13.6. The number of anilines is 1. The zero-order valence-corrected chi connectivity index (χ0v) is 15.2. The molecule has 136 valence electrons. The molecule has 0 bridgehead atoms. The minimum atomic E-state index is -4.32. The standard InChI is InChI=1S/C19H11ClF2N2O2S/c20-19-17(7-4-10-23-19)27(25,26)24-18-15(21)11-14(12-16(18)22)9-8-13-5-2-1-3-6-13/h1-7,10-12,24H. The second-order valence-electron chi connectivity index (χ2n) is 5.33. The number of benzene rings is 2. The van der Waals surface area contributed by atoms with Crippen LogP contribution in [0.5, 0.6) is 0 Å². The van der Waals surface area contributed by atoms with E-state index in [4.69, 9.17) is 11.6 Å². The fraction of sp³-hybridized carbons (Fsp3) is 0. The maximum absolute atomic E-state index is 14.3. The number of nitrogens with zero attached hydrogens (tertiary/aromatic N) is 1. The Labute approximate surface area is 159 Å². The van der Waals surface area contributed by atoms with Crippen LogP contribution in [0.4, 0.5) is 14.5 Å². The number of pyridine rings is 1. The molecule has 4 nitrogen and oxygen atoms in total. The molecule has 0 spiro atoms. The molecule has 0 aliphatic carbocycles. The summed E-state index contributed by atoms with van der Waals surface area (Å²) in [6.07, 6.45) is 1.29. The van der Waals surface area contributed by atoms with Crippen LogP contribution in [-0.2, 0) is 10.0 Å². The molecule has 0 unspecified atom stereocenters. The summed E-state index contributed by atoms with van der Waals surface area (Å²) in [6, 6.07) is 13.3. The van der Waals surface area contributed by atoms with Gasteiger partial charge in [-0.25, -0.2) is 22.2 Å². The van der Waals surface area contributed by atoms with E-state index in [1.807, 2.05) is 10.8 Å². The maximum atomic E-state index is 14.3. The maximum Gasteiger partial charge on any atom is 0.265 e. The van der Waals surface area contributed by atoms with Gasteiger partial charge in [0.05, 0.1) is 0 Å². The third kappa shape index (κ3) is 4.42. The highest BCUT2D eigenvalue weighted by Gasteiger charge is 2.22. The van der Waals surface area contributed by atoms with Crippen LogP contribution < -0.4 is 4.72 Å². The molecule has 0 aliphatic rings. The van der Waals surface area contributed by atoms with Crippen molar-refractivity contribution in [3.8, 4) is 11.8 Å². The summed E-state index contributed by atoms with van der Waals surface area (Å²) in [5.41, 5.74) is -0.0780. The number of halogens is 3. The van der Waals surface area contributed by atoms with Crippen LogP contribution in [0.25, 0.3) is 0 Å². The Morgan fingerprint density at radius 1 is 0.926 bits per heavy atom. The van der Waals surface area contributed by atoms with Crippen LogP contribution in [0.1, 0.15) is 11.1 Å². The summed E-state index contributed by atoms with van der Waals surface area (Å²) in [5, 5.41) is -0.309. The molecule has 0 atom stereocenters. The second kappa shape index (κ2) is 7.74. The SMILES string of the molecule is O=S(=O)(Nc1c(F)cc(C#Cc2ccccc2)cc1F)c1cccnc1Cl. The van der Waals surface area contributed by atoms with Crippen molar-refractivity contribution < 1.29 is 17.2 Å². The number of sulfonamides is 1. The smallest absolute Gasteiger partial charge is 0.265 e. The van der Waals surface area contributed by atoms with E-state index in [-0.39, 0.29) is 10.7 Å². The van der Waals surface area contributed by atoms with E-state index in [0.29, 0.717) is 5.56 Å². The summed E-state index contributed by atoms with van der Waals surface area (Å²) < 4.78 is 55.1. The van der Waals surface area contributed by atoms with Crippen molar-refractivity contribution in [3.63, 3.8) is 0 Å². The third-order valence-corrected chi connectivity index (χ3v) is 5.21. The minimum absolute atomic E-state index is 0.0659. The van der Waals surface area contributed by atoms with Gasteiger partial charge in [-0.05, 0) is 36.4 Å². The molecule has 1 heterocycles. The van der Waals surface area contributed by atoms with Gasteiger partial charge in [0.2, 0.25) is 0 Å². The van der Waals surface area contributed by atoms with Crippen molar-refractivity contribution in [2.45, 2.75) is 4.90 Å². The van der Waals surface area contributed by atoms with E-state index in [1.54, 1.807) is 24.3 Å². The normalized spacial score (nSPS) is 10.8. The molecule has 8 heteroatoms. The molecule has 27 heavy (non-hydrogen) atoms. The first kappa shape index (κ1) is 18.8. The molecule has 0 saturated heterocycles. The average molecular weight is 405 g/mol. The lowest BCUT2D eigenvalue weighted by Crippen LogP contribution is -2.16. The molecule has 3 aromatic rings. The van der Waals surface area contributed by atoms with Gasteiger partial charge >= 0.3 is 0 Å². The van der Waals surface area contributed by atoms with Gasteiger partial charge < -0.3 is 0 Å². The number of aromatic nitrogens is 1. The van der Waals surface area contributed by atoms with Crippen LogP contribution in [0, 0.1) is 23.5 Å². The Kier molecular flexibility index (Phi) is 5.40. The zero-order chi connectivity index (χ0) is 19.4. The third-order valence-electron chi connectivity index (χ3n) is 3.42. The molecule has 0 saturated carbocycles. The fourth-order valence-electron chi connectivity index (χ4n) is 2.17. The molecular formula is C19H11ClF2N2O2S. The largest absolute Gasteiger partial charge is 0.274 e. The van der Waals surface area contributed by atoms with Gasteiger partial charge in [0.25, 0.3) is 10.0 Å². The van der Waals surface area contributed by atoms with Crippen molar-refractivity contribution in [1.29, 1.82) is 0 Å². The highest BCUT2D eigenvalue weighted by Crippen LogP contribution is 2.26. The molecule has 1 aromatic heterocycles. The predicted molar refractivity (Wildman–Crippen MR) is 98.8 cm³/mol. The molecule has 0 aliphatic heterocycles. The Bertz CT molecular complexity index is 1130. The summed E-state index contributed by atoms with van der Waals surface area (Å²) in [5.74, 6) is 3.20. The monoisotopic (exact) mass is 404 g/mol. The quantitative estimate of drug-likeness (QED) is 0.525. The van der Waals surface area contributed by atoms with Crippen LogP contribution in [0.2, 0.25) is 5.15 Å². The van der Waals surface area contributed by atoms with E-state index in [2.05, 4.69) is 16.8 Å². The molecule has 0 radical (unpaired) electrons. The first-order valence-electron chi connectivity index (χ1n) is 7.56. The van der Waals surface area contributed by atoms with E-state index < -0.39 is 32.2 Å². The topological polar surface area (TPSA) is 59.1 Å². The Morgan fingerprint density at radius 3 is 2.19 bits per heavy atom. The summed E-state index contributed by atoms with van der Waals surface area (Å²) in [4.78, 5) is 3.25. The molecular weight excluding hydrogens is 394 g/mol. The Balaban J connectivity index is 1.92. The Hall–Kier alpha value is -2.95.